The van der Waals surface area contributed by atoms with Crippen molar-refractivity contribution in [2.45, 2.75) is 25.3 Å². The first-order chi connectivity index (χ1) is 18.6. The van der Waals surface area contributed by atoms with E-state index in [1.165, 1.54) is 29.6 Å². The topological polar surface area (TPSA) is 286 Å². The van der Waals surface area contributed by atoms with Crippen molar-refractivity contribution in [1.82, 2.24) is 14.6 Å². The molecular formula is C19H19N7O12S2. The molecule has 0 saturated carbocycles. The number of carbonyl (C=O) groups is 4. The number of nitrogens with one attached hydrogen (secondary N) is 1. The number of nitrogen functional groups attached to an aromatic ring is 1. The average Bonchev–Trinajstić information content (AvgIpc) is 3.29. The van der Waals surface area contributed by atoms with Crippen LogP contribution in [-0.2, 0) is 45.6 Å². The normalized spacial score (nSPS) is 18.9. The number of β-lactam (4-membered cyclic amide) rings is 1. The van der Waals surface area contributed by atoms with Crippen LogP contribution in [0.2, 0.25) is 0 Å². The maximum atomic E-state index is 13.0. The largest absolute Gasteiger partial charge is 0.458 e. The molecule has 2 atom stereocenters. The van der Waals surface area contributed by atoms with Gasteiger partial charge in [-0.3, -0.25) is 24.3 Å². The molecule has 0 radical (unpaired) electrons. The Balaban J connectivity index is 1.72. The van der Waals surface area contributed by atoms with Crippen molar-refractivity contribution in [1.29, 1.82) is 0 Å². The zero-order chi connectivity index (χ0) is 29.8. The van der Waals surface area contributed by atoms with E-state index in [0.717, 1.165) is 18.3 Å². The van der Waals surface area contributed by atoms with Crippen LogP contribution in [0.3, 0.4) is 0 Å². The van der Waals surface area contributed by atoms with Gasteiger partial charge >= 0.3 is 22.4 Å². The van der Waals surface area contributed by atoms with E-state index < -0.39 is 63.2 Å². The monoisotopic (exact) mass is 601 g/mol. The summed E-state index contributed by atoms with van der Waals surface area (Å²) >= 11 is 0.892. The molecule has 2 heterocycles. The maximum Gasteiger partial charge on any atom is 0.406 e. The summed E-state index contributed by atoms with van der Waals surface area (Å²) in [7, 11) is -5.21. The van der Waals surface area contributed by atoms with Gasteiger partial charge in [0.1, 0.15) is 12.3 Å². The third-order valence-electron chi connectivity index (χ3n) is 5.07. The highest BCUT2D eigenvalue weighted by atomic mass is 32.2. The van der Waals surface area contributed by atoms with Crippen molar-refractivity contribution in [3.05, 3.63) is 51.0 Å². The fourth-order valence-corrected chi connectivity index (χ4v) is 4.63. The number of hydrogen-bond donors (Lipinski definition) is 4. The van der Waals surface area contributed by atoms with E-state index in [9.17, 15) is 42.3 Å². The Bertz CT molecular complexity index is 1490. The van der Waals surface area contributed by atoms with Gasteiger partial charge in [0.05, 0.1) is 4.92 Å². The lowest BCUT2D eigenvalue weighted by Gasteiger charge is -2.49. The summed E-state index contributed by atoms with van der Waals surface area (Å²) in [6.07, 6.45) is -3.59. The minimum atomic E-state index is -5.21. The number of rotatable bonds is 11. The third kappa shape index (κ3) is 6.57. The zero-order valence-electron chi connectivity index (χ0n) is 20.1. The number of ether oxygens (including phenoxy) is 2. The van der Waals surface area contributed by atoms with E-state index in [-0.39, 0.29) is 27.4 Å². The van der Waals surface area contributed by atoms with E-state index in [4.69, 9.17) is 21.0 Å². The Labute approximate surface area is 227 Å². The fraction of sp³-hybridized carbons (Fsp3) is 0.263. The zero-order valence-corrected chi connectivity index (χ0v) is 21.7. The molecule has 3 amide bonds. The Morgan fingerprint density at radius 2 is 1.98 bits per heavy atom. The van der Waals surface area contributed by atoms with Crippen molar-refractivity contribution >= 4 is 62.0 Å². The van der Waals surface area contributed by atoms with Crippen molar-refractivity contribution < 1.29 is 51.4 Å². The van der Waals surface area contributed by atoms with Gasteiger partial charge in [-0.25, -0.2) is 14.6 Å². The van der Waals surface area contributed by atoms with Gasteiger partial charge in [0.25, 0.3) is 17.5 Å². The number of nitro benzene ring substituents is 1. The van der Waals surface area contributed by atoms with Gasteiger partial charge in [0, 0.05) is 17.5 Å². The second-order valence-electron chi connectivity index (χ2n) is 7.89. The van der Waals surface area contributed by atoms with Crippen LogP contribution in [0.15, 0.2) is 34.8 Å². The number of nitrogens with two attached hydrogens (primary N) is 2. The molecule has 1 aromatic carbocycles. The summed E-state index contributed by atoms with van der Waals surface area (Å²) < 4.78 is 41.6. The molecule has 1 saturated heterocycles. The number of oxime groups is 1. The van der Waals surface area contributed by atoms with Crippen LogP contribution in [0, 0.1) is 10.1 Å². The lowest BCUT2D eigenvalue weighted by Crippen LogP contribution is -2.81. The Morgan fingerprint density at radius 3 is 2.50 bits per heavy atom. The molecule has 1 aromatic heterocycles. The number of primary amides is 1. The molecule has 3 rings (SSSR count). The number of nitrogens with zero attached hydrogens (tertiary/aromatic N) is 4. The number of hydrogen-bond acceptors (Lipinski definition) is 15. The van der Waals surface area contributed by atoms with Gasteiger partial charge in [0.15, 0.2) is 16.4 Å². The van der Waals surface area contributed by atoms with E-state index in [1.54, 1.807) is 0 Å². The van der Waals surface area contributed by atoms with Gasteiger partial charge in [-0.05, 0) is 24.6 Å². The number of thiazole rings is 1. The van der Waals surface area contributed by atoms with Crippen LogP contribution in [0.25, 0.3) is 0 Å². The van der Waals surface area contributed by atoms with Crippen molar-refractivity contribution in [3.63, 3.8) is 0 Å². The highest BCUT2D eigenvalue weighted by Crippen LogP contribution is 2.34. The van der Waals surface area contributed by atoms with Crippen LogP contribution in [0.5, 0.6) is 0 Å². The molecule has 2 aromatic rings. The first kappa shape index (κ1) is 29.7. The molecule has 40 heavy (non-hydrogen) atoms. The van der Waals surface area contributed by atoms with Crippen molar-refractivity contribution in [2.75, 3.05) is 12.3 Å². The number of aromatic nitrogens is 1. The molecule has 214 valence electrons. The summed E-state index contributed by atoms with van der Waals surface area (Å²) in [5.74, 6) is -3.55. The Morgan fingerprint density at radius 1 is 1.32 bits per heavy atom. The van der Waals surface area contributed by atoms with E-state index in [0.29, 0.717) is 5.56 Å². The van der Waals surface area contributed by atoms with Gasteiger partial charge in [-0.15, -0.1) is 11.3 Å². The molecule has 0 bridgehead atoms. The van der Waals surface area contributed by atoms with Crippen LogP contribution >= 0.6 is 11.3 Å². The SMILES string of the molecule is C[C@@]1(NC(=O)/C(=N\OCC(=O)OCc2ccc([N+](=O)[O-])cc2)c2csc(N)n2)C(=O)N(S(=O)(=O)O)[C@H]1OC(N)=O. The molecule has 1 fully saturated rings. The number of benzene rings is 1. The third-order valence-corrected chi connectivity index (χ3v) is 6.59. The Hall–Kier alpha value is -4.89. The van der Waals surface area contributed by atoms with Crippen LogP contribution < -0.4 is 16.8 Å². The smallest absolute Gasteiger partial charge is 0.406 e. The summed E-state index contributed by atoms with van der Waals surface area (Å²) in [4.78, 5) is 67.7. The summed E-state index contributed by atoms with van der Waals surface area (Å²) in [5.41, 5.74) is 7.73. The molecular weight excluding hydrogens is 582 g/mol. The van der Waals surface area contributed by atoms with Gasteiger partial charge in [0.2, 0.25) is 12.8 Å². The highest BCUT2D eigenvalue weighted by Gasteiger charge is 2.66. The second kappa shape index (κ2) is 11.5. The molecule has 1 aliphatic rings. The number of carbonyl (C=O) groups excluding carboxylic acids is 4. The number of nitro groups is 1. The van der Waals surface area contributed by atoms with Crippen LogP contribution in [0.4, 0.5) is 15.6 Å². The lowest BCUT2D eigenvalue weighted by atomic mass is 9.90. The average molecular weight is 602 g/mol. The maximum absolute atomic E-state index is 13.0. The second-order valence-corrected chi connectivity index (χ2v) is 10.1. The molecule has 6 N–H and O–H groups in total. The van der Waals surface area contributed by atoms with Gasteiger partial charge < -0.3 is 31.1 Å². The minimum Gasteiger partial charge on any atom is -0.458 e. The van der Waals surface area contributed by atoms with E-state index in [2.05, 4.69) is 20.2 Å². The molecule has 0 spiro atoms. The summed E-state index contributed by atoms with van der Waals surface area (Å²) in [6, 6.07) is 5.19. The van der Waals surface area contributed by atoms with Crippen molar-refractivity contribution in [2.24, 2.45) is 10.9 Å². The van der Waals surface area contributed by atoms with Gasteiger partial charge in [-0.1, -0.05) is 5.16 Å². The number of anilines is 1. The summed E-state index contributed by atoms with van der Waals surface area (Å²) in [6.45, 7) is -0.0959. The lowest BCUT2D eigenvalue weighted by molar-refractivity contribution is -0.384. The predicted octanol–water partition coefficient (Wildman–Crippen LogP) is -0.961. The van der Waals surface area contributed by atoms with Crippen LogP contribution in [-0.4, -0.2) is 75.1 Å². The predicted molar refractivity (Wildman–Crippen MR) is 131 cm³/mol. The summed E-state index contributed by atoms with van der Waals surface area (Å²) in [5, 5.41) is 17.6. The first-order valence-corrected chi connectivity index (χ1v) is 12.8. The number of non-ortho nitro benzene ring substituents is 1. The number of amides is 3. The molecule has 19 nitrogen and oxygen atoms in total. The van der Waals surface area contributed by atoms with E-state index in [1.807, 2.05) is 0 Å². The fourth-order valence-electron chi connectivity index (χ4n) is 3.19. The quantitative estimate of drug-likeness (QED) is 0.0602. The number of esters is 1. The minimum absolute atomic E-state index is 0.00331. The Kier molecular flexibility index (Phi) is 8.50. The van der Waals surface area contributed by atoms with Crippen molar-refractivity contribution in [3.8, 4) is 0 Å². The van der Waals surface area contributed by atoms with Gasteiger partial charge in [-0.2, -0.15) is 12.7 Å². The molecule has 0 unspecified atom stereocenters. The van der Waals surface area contributed by atoms with E-state index >= 15 is 0 Å². The highest BCUT2D eigenvalue weighted by molar-refractivity contribution is 7.84. The first-order valence-electron chi connectivity index (χ1n) is 10.5. The molecule has 0 aliphatic carbocycles. The molecule has 21 heteroatoms. The standard InChI is InChI=1S/C19H19N7O12S2/c1-19(15(29)25(40(33,34)35)16(19)38-18(21)30)23-14(28)13(11-8-39-17(20)22-11)24-37-7-12(27)36-6-9-2-4-10(5-3-9)26(31)32/h2-5,8,16H,6-7H2,1H3,(H2,20,22)(H2,21,30)(H,23,28)(H,33,34,35)/b24-13-/t16-,19+/m0/s1. The van der Waals surface area contributed by atoms with Crippen LogP contribution in [0.1, 0.15) is 18.2 Å². The molecule has 1 aliphatic heterocycles.